The Hall–Kier alpha value is -1.39. The van der Waals surface area contributed by atoms with E-state index in [2.05, 4.69) is 41.8 Å². The summed E-state index contributed by atoms with van der Waals surface area (Å²) in [4.78, 5) is 19.1. The average molecular weight is 315 g/mol. The van der Waals surface area contributed by atoms with Gasteiger partial charge in [-0.15, -0.1) is 0 Å². The summed E-state index contributed by atoms with van der Waals surface area (Å²) in [6.45, 7) is 12.0. The molecule has 0 bridgehead atoms. The summed E-state index contributed by atoms with van der Waals surface area (Å²) in [6.07, 6.45) is 2.35. The third kappa shape index (κ3) is 4.33. The molecule has 0 aliphatic carbocycles. The quantitative estimate of drug-likeness (QED) is 0.851. The molecule has 4 heteroatoms. The smallest absolute Gasteiger partial charge is 0.236 e. The van der Waals surface area contributed by atoms with Crippen LogP contribution in [0.15, 0.2) is 18.2 Å². The Bertz CT molecular complexity index is 544. The van der Waals surface area contributed by atoms with Crippen molar-refractivity contribution in [3.05, 3.63) is 34.9 Å². The second-order valence-corrected chi connectivity index (χ2v) is 7.07. The topological polar surface area (TPSA) is 26.8 Å². The Balaban J connectivity index is 1.46. The number of carbonyl (C=O) groups excluding carboxylic acids is 1. The highest BCUT2D eigenvalue weighted by Gasteiger charge is 2.23. The molecule has 1 aromatic rings. The zero-order valence-electron chi connectivity index (χ0n) is 14.6. The highest BCUT2D eigenvalue weighted by Crippen LogP contribution is 2.15. The first kappa shape index (κ1) is 16.5. The fraction of sp³-hybridized carbons (Fsp3) is 0.632. The van der Waals surface area contributed by atoms with Gasteiger partial charge in [-0.05, 0) is 37.8 Å². The van der Waals surface area contributed by atoms with E-state index in [9.17, 15) is 4.79 Å². The maximum absolute atomic E-state index is 12.2. The van der Waals surface area contributed by atoms with Crippen molar-refractivity contribution in [1.82, 2.24) is 14.7 Å². The van der Waals surface area contributed by atoms with Crippen LogP contribution in [-0.4, -0.2) is 66.4 Å². The zero-order chi connectivity index (χ0) is 16.2. The van der Waals surface area contributed by atoms with E-state index in [1.54, 1.807) is 0 Å². The van der Waals surface area contributed by atoms with Crippen LogP contribution in [0.3, 0.4) is 0 Å². The van der Waals surface area contributed by atoms with Crippen LogP contribution in [0.1, 0.15) is 29.5 Å². The van der Waals surface area contributed by atoms with Gasteiger partial charge in [-0.3, -0.25) is 14.6 Å². The zero-order valence-corrected chi connectivity index (χ0v) is 14.6. The first-order valence-corrected chi connectivity index (χ1v) is 8.90. The van der Waals surface area contributed by atoms with E-state index < -0.39 is 0 Å². The Labute approximate surface area is 140 Å². The highest BCUT2D eigenvalue weighted by molar-refractivity contribution is 5.78. The van der Waals surface area contributed by atoms with Crippen molar-refractivity contribution in [2.24, 2.45) is 0 Å². The van der Waals surface area contributed by atoms with E-state index in [4.69, 9.17) is 0 Å². The first-order chi connectivity index (χ1) is 11.1. The van der Waals surface area contributed by atoms with Crippen LogP contribution >= 0.6 is 0 Å². The van der Waals surface area contributed by atoms with Crippen LogP contribution in [0, 0.1) is 13.8 Å². The second-order valence-electron chi connectivity index (χ2n) is 7.07. The first-order valence-electron chi connectivity index (χ1n) is 8.90. The molecule has 23 heavy (non-hydrogen) atoms. The van der Waals surface area contributed by atoms with Crippen LogP contribution in [0.4, 0.5) is 0 Å². The van der Waals surface area contributed by atoms with Crippen molar-refractivity contribution in [3.8, 4) is 0 Å². The number of rotatable bonds is 4. The second kappa shape index (κ2) is 7.45. The molecule has 2 heterocycles. The van der Waals surface area contributed by atoms with Gasteiger partial charge in [0, 0.05) is 45.8 Å². The Kier molecular flexibility index (Phi) is 5.34. The lowest BCUT2D eigenvalue weighted by atomic mass is 10.0. The molecule has 2 aliphatic heterocycles. The molecule has 0 saturated carbocycles. The van der Waals surface area contributed by atoms with E-state index >= 15 is 0 Å². The third-order valence-corrected chi connectivity index (χ3v) is 5.18. The van der Waals surface area contributed by atoms with Crippen molar-refractivity contribution < 1.29 is 4.79 Å². The van der Waals surface area contributed by atoms with Crippen LogP contribution < -0.4 is 0 Å². The molecule has 126 valence electrons. The number of carbonyl (C=O) groups is 1. The number of nitrogens with zero attached hydrogens (tertiary/aromatic N) is 3. The number of likely N-dealkylation sites (tertiary alicyclic amines) is 1. The number of hydrogen-bond donors (Lipinski definition) is 0. The lowest BCUT2D eigenvalue weighted by Gasteiger charge is -2.35. The fourth-order valence-electron chi connectivity index (χ4n) is 3.57. The summed E-state index contributed by atoms with van der Waals surface area (Å²) >= 11 is 0. The minimum Gasteiger partial charge on any atom is -0.342 e. The molecule has 2 saturated heterocycles. The van der Waals surface area contributed by atoms with E-state index in [1.165, 1.54) is 29.5 Å². The number of amides is 1. The van der Waals surface area contributed by atoms with Gasteiger partial charge in [0.05, 0.1) is 6.54 Å². The summed E-state index contributed by atoms with van der Waals surface area (Å²) in [6, 6.07) is 6.70. The van der Waals surface area contributed by atoms with Crippen molar-refractivity contribution >= 4 is 5.91 Å². The lowest BCUT2D eigenvalue weighted by molar-refractivity contribution is -0.131. The van der Waals surface area contributed by atoms with E-state index in [0.29, 0.717) is 12.5 Å². The predicted octanol–water partition coefficient (Wildman–Crippen LogP) is 2.04. The lowest BCUT2D eigenvalue weighted by Crippen LogP contribution is -2.49. The monoisotopic (exact) mass is 315 g/mol. The van der Waals surface area contributed by atoms with E-state index in [-0.39, 0.29) is 0 Å². The Morgan fingerprint density at radius 1 is 0.957 bits per heavy atom. The SMILES string of the molecule is Cc1ccc(C)c(CN2CCN(CC(=O)N3CCCC3)CC2)c1. The molecular weight excluding hydrogens is 286 g/mol. The molecule has 0 atom stereocenters. The Morgan fingerprint density at radius 2 is 1.61 bits per heavy atom. The van der Waals surface area contributed by atoms with Crippen molar-refractivity contribution in [3.63, 3.8) is 0 Å². The predicted molar refractivity (Wildman–Crippen MR) is 93.4 cm³/mol. The summed E-state index contributed by atoms with van der Waals surface area (Å²) in [5, 5.41) is 0. The fourth-order valence-corrected chi connectivity index (χ4v) is 3.57. The van der Waals surface area contributed by atoms with Gasteiger partial charge in [0.2, 0.25) is 5.91 Å². The molecule has 2 aliphatic rings. The van der Waals surface area contributed by atoms with Gasteiger partial charge in [0.15, 0.2) is 0 Å². The largest absolute Gasteiger partial charge is 0.342 e. The Morgan fingerprint density at radius 3 is 2.30 bits per heavy atom. The maximum Gasteiger partial charge on any atom is 0.236 e. The highest BCUT2D eigenvalue weighted by atomic mass is 16.2. The average Bonchev–Trinajstić information content (AvgIpc) is 3.07. The molecule has 3 rings (SSSR count). The van der Waals surface area contributed by atoms with Gasteiger partial charge >= 0.3 is 0 Å². The number of aryl methyl sites for hydroxylation is 2. The normalized spacial score (nSPS) is 20.2. The van der Waals surface area contributed by atoms with Gasteiger partial charge in [0.1, 0.15) is 0 Å². The van der Waals surface area contributed by atoms with Crippen molar-refractivity contribution in [2.45, 2.75) is 33.2 Å². The van der Waals surface area contributed by atoms with E-state index in [1.807, 2.05) is 4.90 Å². The number of benzene rings is 1. The van der Waals surface area contributed by atoms with Gasteiger partial charge in [0.25, 0.3) is 0 Å². The van der Waals surface area contributed by atoms with Gasteiger partial charge in [-0.25, -0.2) is 0 Å². The van der Waals surface area contributed by atoms with Crippen molar-refractivity contribution in [2.75, 3.05) is 45.8 Å². The summed E-state index contributed by atoms with van der Waals surface area (Å²) in [5.74, 6) is 0.325. The van der Waals surface area contributed by atoms with Crippen LogP contribution in [0.25, 0.3) is 0 Å². The standard InChI is InChI=1S/C19H29N3O/c1-16-5-6-17(2)18(13-16)14-20-9-11-21(12-10-20)15-19(23)22-7-3-4-8-22/h5-6,13H,3-4,7-12,14-15H2,1-2H3. The molecule has 1 amide bonds. The molecule has 0 unspecified atom stereocenters. The minimum atomic E-state index is 0.325. The van der Waals surface area contributed by atoms with Crippen molar-refractivity contribution in [1.29, 1.82) is 0 Å². The van der Waals surface area contributed by atoms with E-state index in [0.717, 1.165) is 45.8 Å². The summed E-state index contributed by atoms with van der Waals surface area (Å²) in [7, 11) is 0. The molecule has 0 aromatic heterocycles. The minimum absolute atomic E-state index is 0.325. The number of hydrogen-bond acceptors (Lipinski definition) is 3. The maximum atomic E-state index is 12.2. The van der Waals surface area contributed by atoms with Crippen LogP contribution in [0.2, 0.25) is 0 Å². The molecule has 1 aromatic carbocycles. The molecule has 0 spiro atoms. The van der Waals surface area contributed by atoms with Gasteiger partial charge in [-0.1, -0.05) is 23.8 Å². The van der Waals surface area contributed by atoms with Gasteiger partial charge in [-0.2, -0.15) is 0 Å². The molecule has 0 N–H and O–H groups in total. The van der Waals surface area contributed by atoms with Crippen LogP contribution in [0.5, 0.6) is 0 Å². The summed E-state index contributed by atoms with van der Waals surface area (Å²) < 4.78 is 0. The molecule has 2 fully saturated rings. The summed E-state index contributed by atoms with van der Waals surface area (Å²) in [5.41, 5.74) is 4.15. The molecule has 4 nitrogen and oxygen atoms in total. The molecular formula is C19H29N3O. The van der Waals surface area contributed by atoms with Gasteiger partial charge < -0.3 is 4.90 Å². The number of piperazine rings is 1. The molecule has 0 radical (unpaired) electrons. The third-order valence-electron chi connectivity index (χ3n) is 5.18. The van der Waals surface area contributed by atoms with Crippen LogP contribution in [-0.2, 0) is 11.3 Å².